The molecular formula is C28H51NO4. The van der Waals surface area contributed by atoms with Crippen LogP contribution in [0.4, 0.5) is 0 Å². The van der Waals surface area contributed by atoms with Crippen LogP contribution in [0.1, 0.15) is 136 Å². The maximum Gasteiger partial charge on any atom is 0.306 e. The monoisotopic (exact) mass is 465 g/mol. The zero-order chi connectivity index (χ0) is 23.9. The lowest BCUT2D eigenvalue weighted by Crippen LogP contribution is -2.62. The summed E-state index contributed by atoms with van der Waals surface area (Å²) < 4.78 is 12.0. The predicted molar refractivity (Wildman–Crippen MR) is 134 cm³/mol. The number of hydrogen-bond acceptors (Lipinski definition) is 5. The van der Waals surface area contributed by atoms with Gasteiger partial charge in [-0.05, 0) is 51.5 Å². The van der Waals surface area contributed by atoms with Crippen molar-refractivity contribution in [2.75, 3.05) is 6.54 Å². The van der Waals surface area contributed by atoms with Gasteiger partial charge in [0.2, 0.25) is 0 Å². The van der Waals surface area contributed by atoms with Gasteiger partial charge >= 0.3 is 11.9 Å². The minimum atomic E-state index is -0.0259. The van der Waals surface area contributed by atoms with Crippen LogP contribution in [0.3, 0.4) is 0 Å². The zero-order valence-electron chi connectivity index (χ0n) is 21.8. The number of carbonyl (C=O) groups is 2. The molecule has 2 aliphatic rings. The van der Waals surface area contributed by atoms with E-state index >= 15 is 0 Å². The SMILES string of the molecule is CCCCCCCC(=O)OC1CCC2C(OC(=O)CCCCCCC)CCC1N2CCCC. The first-order valence-corrected chi connectivity index (χ1v) is 14.2. The fraction of sp³-hybridized carbons (Fsp3) is 0.929. The Kier molecular flexibility index (Phi) is 14.1. The summed E-state index contributed by atoms with van der Waals surface area (Å²) >= 11 is 0. The molecule has 0 aromatic rings. The van der Waals surface area contributed by atoms with Gasteiger partial charge in [-0.1, -0.05) is 78.6 Å². The van der Waals surface area contributed by atoms with E-state index in [1.165, 1.54) is 38.5 Å². The number of unbranched alkanes of at least 4 members (excludes halogenated alkanes) is 9. The van der Waals surface area contributed by atoms with Gasteiger partial charge in [-0.15, -0.1) is 0 Å². The molecule has 0 saturated carbocycles. The zero-order valence-corrected chi connectivity index (χ0v) is 21.8. The third-order valence-corrected chi connectivity index (χ3v) is 7.51. The predicted octanol–water partition coefficient (Wildman–Crippen LogP) is 6.96. The van der Waals surface area contributed by atoms with Gasteiger partial charge in [0.25, 0.3) is 0 Å². The molecule has 0 aliphatic carbocycles. The van der Waals surface area contributed by atoms with Crippen LogP contribution in [0, 0.1) is 0 Å². The molecule has 0 radical (unpaired) electrons. The van der Waals surface area contributed by atoms with Crippen molar-refractivity contribution in [2.45, 2.75) is 161 Å². The number of hydrogen-bond donors (Lipinski definition) is 0. The highest BCUT2D eigenvalue weighted by Gasteiger charge is 2.46. The Balaban J connectivity index is 1.83. The first-order chi connectivity index (χ1) is 16.1. The van der Waals surface area contributed by atoms with Crippen LogP contribution in [0.25, 0.3) is 0 Å². The molecule has 0 aromatic heterocycles. The Labute approximate surface area is 203 Å². The van der Waals surface area contributed by atoms with Crippen molar-refractivity contribution in [2.24, 2.45) is 0 Å². The molecule has 5 heteroatoms. The fourth-order valence-electron chi connectivity index (χ4n) is 5.58. The maximum atomic E-state index is 12.5. The van der Waals surface area contributed by atoms with Gasteiger partial charge < -0.3 is 9.47 Å². The van der Waals surface area contributed by atoms with Crippen LogP contribution >= 0.6 is 0 Å². The number of rotatable bonds is 17. The summed E-state index contributed by atoms with van der Waals surface area (Å²) in [5, 5.41) is 0. The summed E-state index contributed by atoms with van der Waals surface area (Å²) in [5.41, 5.74) is 0. The van der Waals surface area contributed by atoms with E-state index in [2.05, 4.69) is 25.7 Å². The number of piperidine rings is 2. The van der Waals surface area contributed by atoms with Gasteiger partial charge in [-0.3, -0.25) is 14.5 Å². The van der Waals surface area contributed by atoms with Crippen molar-refractivity contribution >= 4 is 11.9 Å². The molecule has 4 atom stereocenters. The molecule has 2 heterocycles. The topological polar surface area (TPSA) is 55.8 Å². The van der Waals surface area contributed by atoms with Crippen LogP contribution in [0.5, 0.6) is 0 Å². The van der Waals surface area contributed by atoms with Crippen LogP contribution < -0.4 is 0 Å². The molecule has 0 spiro atoms. The van der Waals surface area contributed by atoms with E-state index in [4.69, 9.17) is 9.47 Å². The van der Waals surface area contributed by atoms with Gasteiger partial charge in [0.1, 0.15) is 12.2 Å². The molecule has 0 amide bonds. The number of carbonyl (C=O) groups excluding carboxylic acids is 2. The van der Waals surface area contributed by atoms with Crippen LogP contribution in [-0.2, 0) is 19.1 Å². The lowest BCUT2D eigenvalue weighted by molar-refractivity contribution is -0.173. The van der Waals surface area contributed by atoms with Crippen molar-refractivity contribution < 1.29 is 19.1 Å². The molecule has 4 unspecified atom stereocenters. The highest BCUT2D eigenvalue weighted by atomic mass is 16.6. The van der Waals surface area contributed by atoms with Crippen molar-refractivity contribution in [3.05, 3.63) is 0 Å². The first-order valence-electron chi connectivity index (χ1n) is 14.2. The van der Waals surface area contributed by atoms with E-state index < -0.39 is 0 Å². The first kappa shape index (κ1) is 28.1. The van der Waals surface area contributed by atoms with Crippen molar-refractivity contribution in [1.29, 1.82) is 0 Å². The van der Waals surface area contributed by atoms with Crippen molar-refractivity contribution in [3.8, 4) is 0 Å². The molecule has 2 saturated heterocycles. The van der Waals surface area contributed by atoms with Crippen LogP contribution in [-0.4, -0.2) is 47.7 Å². The number of esters is 2. The minimum Gasteiger partial charge on any atom is -0.461 e. The summed E-state index contributed by atoms with van der Waals surface area (Å²) in [7, 11) is 0. The third kappa shape index (κ3) is 9.96. The molecule has 2 aliphatic heterocycles. The van der Waals surface area contributed by atoms with E-state index in [1.807, 2.05) is 0 Å². The molecule has 33 heavy (non-hydrogen) atoms. The minimum absolute atomic E-state index is 0.00327. The Hall–Kier alpha value is -1.10. The van der Waals surface area contributed by atoms with E-state index in [9.17, 15) is 9.59 Å². The Morgan fingerprint density at radius 2 is 1.03 bits per heavy atom. The normalized spacial score (nSPS) is 25.1. The van der Waals surface area contributed by atoms with Crippen LogP contribution in [0.2, 0.25) is 0 Å². The van der Waals surface area contributed by atoms with E-state index in [-0.39, 0.29) is 36.2 Å². The van der Waals surface area contributed by atoms with Gasteiger partial charge in [0, 0.05) is 24.9 Å². The largest absolute Gasteiger partial charge is 0.461 e. The summed E-state index contributed by atoms with van der Waals surface area (Å²) in [6.07, 6.45) is 18.5. The Morgan fingerprint density at radius 3 is 1.45 bits per heavy atom. The number of ether oxygens (including phenoxy) is 2. The van der Waals surface area contributed by atoms with Gasteiger partial charge in [-0.2, -0.15) is 0 Å². The molecule has 2 bridgehead atoms. The highest BCUT2D eigenvalue weighted by molar-refractivity contribution is 5.70. The number of fused-ring (bicyclic) bond motifs is 2. The molecule has 0 N–H and O–H groups in total. The second-order valence-corrected chi connectivity index (χ2v) is 10.3. The molecule has 192 valence electrons. The van der Waals surface area contributed by atoms with E-state index in [0.29, 0.717) is 12.8 Å². The molecule has 2 fully saturated rings. The second-order valence-electron chi connectivity index (χ2n) is 10.3. The average Bonchev–Trinajstić information content (AvgIpc) is 2.80. The second kappa shape index (κ2) is 16.5. The maximum absolute atomic E-state index is 12.5. The summed E-state index contributed by atoms with van der Waals surface area (Å²) in [6.45, 7) is 7.63. The third-order valence-electron chi connectivity index (χ3n) is 7.51. The number of nitrogens with zero attached hydrogens (tertiary/aromatic N) is 1. The fourth-order valence-corrected chi connectivity index (χ4v) is 5.58. The van der Waals surface area contributed by atoms with Crippen molar-refractivity contribution in [3.63, 3.8) is 0 Å². The quantitative estimate of drug-likeness (QED) is 0.172. The van der Waals surface area contributed by atoms with E-state index in [0.717, 1.165) is 70.8 Å². The van der Waals surface area contributed by atoms with Gasteiger partial charge in [0.05, 0.1) is 0 Å². The average molecular weight is 466 g/mol. The lowest BCUT2D eigenvalue weighted by Gasteiger charge is -2.52. The Bertz CT molecular complexity index is 508. The van der Waals surface area contributed by atoms with E-state index in [1.54, 1.807) is 0 Å². The summed E-state index contributed by atoms with van der Waals surface area (Å²) in [6, 6.07) is 0.562. The molecule has 0 aromatic carbocycles. The molecule has 5 nitrogen and oxygen atoms in total. The molecular weight excluding hydrogens is 414 g/mol. The van der Waals surface area contributed by atoms with Crippen LogP contribution in [0.15, 0.2) is 0 Å². The van der Waals surface area contributed by atoms with Gasteiger partial charge in [-0.25, -0.2) is 0 Å². The smallest absolute Gasteiger partial charge is 0.306 e. The lowest BCUT2D eigenvalue weighted by atomic mass is 9.80. The highest BCUT2D eigenvalue weighted by Crippen LogP contribution is 2.37. The van der Waals surface area contributed by atoms with Crippen molar-refractivity contribution in [1.82, 2.24) is 4.90 Å². The summed E-state index contributed by atoms with van der Waals surface area (Å²) in [5.74, 6) is -0.0518. The standard InChI is InChI=1S/C28H51NO4/c1-4-7-10-12-14-16-27(30)32-25-20-18-24-26(21-19-23(25)29(24)22-9-6-3)33-28(31)17-15-13-11-8-5-2/h23-26H,4-22H2,1-3H3. The van der Waals surface area contributed by atoms with Gasteiger partial charge in [0.15, 0.2) is 0 Å². The summed E-state index contributed by atoms with van der Waals surface area (Å²) in [4.78, 5) is 27.5. The Morgan fingerprint density at radius 1 is 0.606 bits per heavy atom. The molecule has 2 rings (SSSR count).